The van der Waals surface area contributed by atoms with Crippen LogP contribution < -0.4 is 5.73 Å². The van der Waals surface area contributed by atoms with E-state index in [4.69, 9.17) is 10.5 Å². The van der Waals surface area contributed by atoms with Gasteiger partial charge in [0, 0.05) is 12.6 Å². The largest absolute Gasteiger partial charge is 0.383 e. The highest BCUT2D eigenvalue weighted by atomic mass is 32.2. The van der Waals surface area contributed by atoms with E-state index in [0.29, 0.717) is 19.6 Å². The van der Waals surface area contributed by atoms with E-state index in [9.17, 15) is 8.42 Å². The number of hydrogen-bond acceptors (Lipinski definition) is 5. The lowest BCUT2D eigenvalue weighted by atomic mass is 10.2. The zero-order chi connectivity index (χ0) is 13.3. The van der Waals surface area contributed by atoms with Gasteiger partial charge in [0.1, 0.15) is 10.7 Å². The second kappa shape index (κ2) is 4.87. The van der Waals surface area contributed by atoms with E-state index >= 15 is 0 Å². The van der Waals surface area contributed by atoms with Crippen LogP contribution in [-0.4, -0.2) is 48.2 Å². The van der Waals surface area contributed by atoms with Gasteiger partial charge in [0.05, 0.1) is 18.9 Å². The predicted octanol–water partition coefficient (Wildman–Crippen LogP) is 0.180. The van der Waals surface area contributed by atoms with Crippen LogP contribution in [0, 0.1) is 0 Å². The van der Waals surface area contributed by atoms with E-state index in [0.717, 1.165) is 0 Å². The molecule has 1 fully saturated rings. The summed E-state index contributed by atoms with van der Waals surface area (Å²) < 4.78 is 32.0. The molecule has 1 aromatic rings. The number of nitrogens with two attached hydrogens (primary N) is 1. The SMILES string of the molecule is CCC1COC(C)CN1S(=O)(=O)c1cn[nH]c1N. The number of morpholine rings is 1. The standard InChI is InChI=1S/C10H18N4O3S/c1-3-8-6-17-7(2)5-14(8)18(15,16)9-4-12-13-10(9)11/h4,7-8H,3,5-6H2,1-2H3,(H3,11,12,13). The van der Waals surface area contributed by atoms with Crippen LogP contribution in [0.15, 0.2) is 11.1 Å². The first-order valence-corrected chi connectivity index (χ1v) is 7.33. The maximum atomic E-state index is 12.5. The quantitative estimate of drug-likeness (QED) is 0.818. The van der Waals surface area contributed by atoms with Crippen LogP contribution in [0.1, 0.15) is 20.3 Å². The number of rotatable bonds is 3. The molecule has 2 atom stereocenters. The van der Waals surface area contributed by atoms with Crippen molar-refractivity contribution in [2.75, 3.05) is 18.9 Å². The van der Waals surface area contributed by atoms with Crippen LogP contribution in [0.5, 0.6) is 0 Å². The van der Waals surface area contributed by atoms with E-state index in [1.807, 2.05) is 13.8 Å². The summed E-state index contributed by atoms with van der Waals surface area (Å²) in [4.78, 5) is 0.0371. The Balaban J connectivity index is 2.36. The maximum Gasteiger partial charge on any atom is 0.248 e. The summed E-state index contributed by atoms with van der Waals surface area (Å²) in [7, 11) is -3.61. The molecule has 102 valence electrons. The summed E-state index contributed by atoms with van der Waals surface area (Å²) in [5.74, 6) is 0.0731. The Bertz CT molecular complexity index is 513. The van der Waals surface area contributed by atoms with Gasteiger partial charge in [-0.25, -0.2) is 8.42 Å². The van der Waals surface area contributed by atoms with Gasteiger partial charge in [0.2, 0.25) is 10.0 Å². The first-order chi connectivity index (χ1) is 8.46. The average Bonchev–Trinajstić information content (AvgIpc) is 2.76. The fourth-order valence-electron chi connectivity index (χ4n) is 2.05. The normalized spacial score (nSPS) is 26.3. The van der Waals surface area contributed by atoms with Crippen LogP contribution in [0.4, 0.5) is 5.82 Å². The monoisotopic (exact) mass is 274 g/mol. The molecule has 1 saturated heterocycles. The molecule has 0 radical (unpaired) electrons. The summed E-state index contributed by atoms with van der Waals surface area (Å²) in [6.07, 6.45) is 1.83. The first-order valence-electron chi connectivity index (χ1n) is 5.89. The predicted molar refractivity (Wildman–Crippen MR) is 66.4 cm³/mol. The van der Waals surface area contributed by atoms with Crippen molar-refractivity contribution in [2.24, 2.45) is 0 Å². The van der Waals surface area contributed by atoms with Gasteiger partial charge in [-0.3, -0.25) is 5.10 Å². The Morgan fingerprint density at radius 3 is 2.94 bits per heavy atom. The van der Waals surface area contributed by atoms with E-state index in [2.05, 4.69) is 10.2 Å². The number of ether oxygens (including phenoxy) is 1. The van der Waals surface area contributed by atoms with Gasteiger partial charge < -0.3 is 10.5 Å². The van der Waals surface area contributed by atoms with Crippen molar-refractivity contribution in [2.45, 2.75) is 37.3 Å². The molecule has 0 bridgehead atoms. The molecule has 1 aromatic heterocycles. The van der Waals surface area contributed by atoms with Gasteiger partial charge in [-0.15, -0.1) is 0 Å². The Morgan fingerprint density at radius 1 is 1.67 bits per heavy atom. The number of nitrogens with one attached hydrogen (secondary N) is 1. The maximum absolute atomic E-state index is 12.5. The molecule has 1 aliphatic rings. The highest BCUT2D eigenvalue weighted by Crippen LogP contribution is 2.26. The molecule has 0 spiro atoms. The molecule has 2 unspecified atom stereocenters. The molecular weight excluding hydrogens is 256 g/mol. The number of anilines is 1. The summed E-state index contributed by atoms with van der Waals surface area (Å²) in [5, 5.41) is 6.11. The Hall–Kier alpha value is -1.12. The Kier molecular flexibility index (Phi) is 3.60. The summed E-state index contributed by atoms with van der Waals surface area (Å²) in [6.45, 7) is 4.54. The third-order valence-electron chi connectivity index (χ3n) is 3.11. The van der Waals surface area contributed by atoms with E-state index in [-0.39, 0.29) is 22.9 Å². The van der Waals surface area contributed by atoms with Crippen LogP contribution in [0.3, 0.4) is 0 Å². The molecule has 0 amide bonds. The minimum absolute atomic E-state index is 0.0371. The molecule has 18 heavy (non-hydrogen) atoms. The number of aromatic nitrogens is 2. The van der Waals surface area contributed by atoms with Crippen molar-refractivity contribution in [1.29, 1.82) is 0 Å². The number of aromatic amines is 1. The average molecular weight is 274 g/mol. The lowest BCUT2D eigenvalue weighted by molar-refractivity contribution is -0.0230. The highest BCUT2D eigenvalue weighted by Gasteiger charge is 2.37. The Morgan fingerprint density at radius 2 is 2.39 bits per heavy atom. The number of hydrogen-bond donors (Lipinski definition) is 2. The minimum Gasteiger partial charge on any atom is -0.383 e. The van der Waals surface area contributed by atoms with Gasteiger partial charge in [0.15, 0.2) is 0 Å². The molecule has 7 nitrogen and oxygen atoms in total. The highest BCUT2D eigenvalue weighted by molar-refractivity contribution is 7.89. The lowest BCUT2D eigenvalue weighted by Gasteiger charge is -2.36. The first kappa shape index (κ1) is 13.3. The van der Waals surface area contributed by atoms with E-state index in [1.54, 1.807) is 0 Å². The molecular formula is C10H18N4O3S. The van der Waals surface area contributed by atoms with Gasteiger partial charge in [-0.05, 0) is 13.3 Å². The molecule has 0 saturated carbocycles. The number of nitrogens with zero attached hydrogens (tertiary/aromatic N) is 2. The van der Waals surface area contributed by atoms with E-state index in [1.165, 1.54) is 10.5 Å². The van der Waals surface area contributed by atoms with Crippen LogP contribution >= 0.6 is 0 Å². The van der Waals surface area contributed by atoms with Crippen molar-refractivity contribution in [3.8, 4) is 0 Å². The lowest BCUT2D eigenvalue weighted by Crippen LogP contribution is -2.51. The van der Waals surface area contributed by atoms with Crippen molar-refractivity contribution < 1.29 is 13.2 Å². The molecule has 2 rings (SSSR count). The number of H-pyrrole nitrogens is 1. The minimum atomic E-state index is -3.61. The third-order valence-corrected chi connectivity index (χ3v) is 5.05. The topological polar surface area (TPSA) is 101 Å². The zero-order valence-electron chi connectivity index (χ0n) is 10.5. The molecule has 8 heteroatoms. The van der Waals surface area contributed by atoms with Crippen molar-refractivity contribution in [3.05, 3.63) is 6.20 Å². The van der Waals surface area contributed by atoms with Crippen LogP contribution in [-0.2, 0) is 14.8 Å². The summed E-state index contributed by atoms with van der Waals surface area (Å²) in [5.41, 5.74) is 5.60. The molecule has 0 aromatic carbocycles. The summed E-state index contributed by atoms with van der Waals surface area (Å²) in [6, 6.07) is -0.152. The molecule has 2 heterocycles. The zero-order valence-corrected chi connectivity index (χ0v) is 11.3. The molecule has 0 aliphatic carbocycles. The van der Waals surface area contributed by atoms with Gasteiger partial charge in [0.25, 0.3) is 0 Å². The van der Waals surface area contributed by atoms with Crippen molar-refractivity contribution in [1.82, 2.24) is 14.5 Å². The number of nitrogen functional groups attached to an aromatic ring is 1. The third kappa shape index (κ3) is 2.23. The van der Waals surface area contributed by atoms with Crippen molar-refractivity contribution in [3.63, 3.8) is 0 Å². The molecule has 1 aliphatic heterocycles. The second-order valence-corrected chi connectivity index (χ2v) is 6.29. The van der Waals surface area contributed by atoms with Crippen molar-refractivity contribution >= 4 is 15.8 Å². The Labute approximate surface area is 106 Å². The molecule has 3 N–H and O–H groups in total. The second-order valence-electron chi connectivity index (χ2n) is 4.43. The fourth-order valence-corrected chi connectivity index (χ4v) is 3.82. The van der Waals surface area contributed by atoms with Gasteiger partial charge in [-0.2, -0.15) is 9.40 Å². The number of sulfonamides is 1. The van der Waals surface area contributed by atoms with Gasteiger partial charge >= 0.3 is 0 Å². The summed E-state index contributed by atoms with van der Waals surface area (Å²) >= 11 is 0. The fraction of sp³-hybridized carbons (Fsp3) is 0.700. The van der Waals surface area contributed by atoms with E-state index < -0.39 is 10.0 Å². The van der Waals surface area contributed by atoms with Crippen LogP contribution in [0.2, 0.25) is 0 Å². The van der Waals surface area contributed by atoms with Crippen LogP contribution in [0.25, 0.3) is 0 Å². The van der Waals surface area contributed by atoms with Gasteiger partial charge in [-0.1, -0.05) is 6.92 Å². The smallest absolute Gasteiger partial charge is 0.248 e.